The van der Waals surface area contributed by atoms with Gasteiger partial charge in [0.1, 0.15) is 5.69 Å². The second kappa shape index (κ2) is 6.07. The highest BCUT2D eigenvalue weighted by Crippen LogP contribution is 2.28. The molecule has 0 fully saturated rings. The quantitative estimate of drug-likeness (QED) is 0.909. The van der Waals surface area contributed by atoms with Crippen molar-refractivity contribution in [2.24, 2.45) is 11.7 Å². The van der Waals surface area contributed by atoms with Gasteiger partial charge in [-0.1, -0.05) is 31.5 Å². The number of nitrogens with zero attached hydrogens (tertiary/aromatic N) is 2. The van der Waals surface area contributed by atoms with Crippen LogP contribution in [0.25, 0.3) is 5.69 Å². The molecule has 0 radical (unpaired) electrons. The Labute approximate surface area is 122 Å². The lowest BCUT2D eigenvalue weighted by atomic mass is 10.0. The summed E-state index contributed by atoms with van der Waals surface area (Å²) in [5.74, 6) is -0.182. The minimum absolute atomic E-state index is 0.0577. The van der Waals surface area contributed by atoms with Crippen LogP contribution in [0.2, 0.25) is 5.02 Å². The van der Waals surface area contributed by atoms with E-state index in [4.69, 9.17) is 17.3 Å². The van der Waals surface area contributed by atoms with E-state index >= 15 is 0 Å². The van der Waals surface area contributed by atoms with Gasteiger partial charge in [0.2, 0.25) is 5.91 Å². The molecule has 0 aliphatic heterocycles. The van der Waals surface area contributed by atoms with Crippen molar-refractivity contribution in [2.75, 3.05) is 5.32 Å². The maximum absolute atomic E-state index is 12.1. The molecular formula is C14H17ClN4O. The average Bonchev–Trinajstić information content (AvgIpc) is 2.91. The number of para-hydroxylation sites is 1. The molecule has 1 unspecified atom stereocenters. The highest BCUT2D eigenvalue weighted by Gasteiger charge is 2.19. The molecule has 0 aliphatic carbocycles. The molecule has 0 saturated carbocycles. The van der Waals surface area contributed by atoms with Crippen LogP contribution in [-0.4, -0.2) is 21.7 Å². The van der Waals surface area contributed by atoms with Crippen molar-refractivity contribution in [1.29, 1.82) is 0 Å². The summed E-state index contributed by atoms with van der Waals surface area (Å²) in [6.07, 6.45) is 3.41. The van der Waals surface area contributed by atoms with Crippen LogP contribution in [0.15, 0.2) is 36.7 Å². The number of aromatic nitrogens is 2. The Balaban J connectivity index is 2.34. The summed E-state index contributed by atoms with van der Waals surface area (Å²) in [4.78, 5) is 12.1. The van der Waals surface area contributed by atoms with Crippen molar-refractivity contribution in [3.05, 3.63) is 41.7 Å². The normalized spacial score (nSPS) is 12.4. The summed E-state index contributed by atoms with van der Waals surface area (Å²) in [6, 6.07) is 6.50. The predicted octanol–water partition coefficient (Wildman–Crippen LogP) is 2.45. The Morgan fingerprint density at radius 2 is 2.15 bits per heavy atom. The van der Waals surface area contributed by atoms with Gasteiger partial charge in [0.05, 0.1) is 16.8 Å². The molecule has 1 atom stereocenters. The van der Waals surface area contributed by atoms with Crippen LogP contribution in [0, 0.1) is 5.92 Å². The van der Waals surface area contributed by atoms with Gasteiger partial charge in [0.25, 0.3) is 0 Å². The number of halogens is 1. The van der Waals surface area contributed by atoms with Crippen LogP contribution in [-0.2, 0) is 4.79 Å². The van der Waals surface area contributed by atoms with Crippen LogP contribution in [0.1, 0.15) is 13.8 Å². The van der Waals surface area contributed by atoms with E-state index in [1.54, 1.807) is 41.3 Å². The van der Waals surface area contributed by atoms with Gasteiger partial charge < -0.3 is 11.1 Å². The van der Waals surface area contributed by atoms with Crippen LogP contribution in [0.4, 0.5) is 5.69 Å². The van der Waals surface area contributed by atoms with Gasteiger partial charge in [-0.2, -0.15) is 5.10 Å². The third-order valence-corrected chi connectivity index (χ3v) is 3.30. The van der Waals surface area contributed by atoms with E-state index in [9.17, 15) is 4.79 Å². The smallest absolute Gasteiger partial charge is 0.241 e. The third-order valence-electron chi connectivity index (χ3n) is 3.00. The lowest BCUT2D eigenvalue weighted by Gasteiger charge is -2.17. The fourth-order valence-electron chi connectivity index (χ4n) is 1.77. The zero-order valence-electron chi connectivity index (χ0n) is 11.4. The van der Waals surface area contributed by atoms with E-state index in [-0.39, 0.29) is 11.8 Å². The molecule has 3 N–H and O–H groups in total. The summed E-state index contributed by atoms with van der Waals surface area (Å²) in [7, 11) is 0. The summed E-state index contributed by atoms with van der Waals surface area (Å²) in [5, 5.41) is 7.46. The standard InChI is InChI=1S/C14H17ClN4O/c1-9(2)12(16)14(20)18-11-6-3-5-10(15)13(11)19-8-4-7-17-19/h3-9,12H,16H2,1-2H3,(H,18,20). The van der Waals surface area contributed by atoms with Gasteiger partial charge in [0, 0.05) is 12.4 Å². The lowest BCUT2D eigenvalue weighted by molar-refractivity contribution is -0.118. The van der Waals surface area contributed by atoms with Crippen molar-refractivity contribution < 1.29 is 4.79 Å². The minimum Gasteiger partial charge on any atom is -0.323 e. The Bertz CT molecular complexity index is 595. The first-order valence-electron chi connectivity index (χ1n) is 6.35. The molecule has 6 heteroatoms. The van der Waals surface area contributed by atoms with E-state index in [1.165, 1.54) is 0 Å². The Morgan fingerprint density at radius 1 is 1.40 bits per heavy atom. The van der Waals surface area contributed by atoms with Gasteiger partial charge in [-0.25, -0.2) is 4.68 Å². The fourth-order valence-corrected chi connectivity index (χ4v) is 2.03. The summed E-state index contributed by atoms with van der Waals surface area (Å²) in [5.41, 5.74) is 7.06. The van der Waals surface area contributed by atoms with Crippen molar-refractivity contribution >= 4 is 23.2 Å². The molecule has 0 aliphatic rings. The van der Waals surface area contributed by atoms with Crippen LogP contribution in [0.5, 0.6) is 0 Å². The molecule has 1 heterocycles. The molecule has 20 heavy (non-hydrogen) atoms. The molecule has 1 aromatic heterocycles. The first-order valence-corrected chi connectivity index (χ1v) is 6.73. The van der Waals surface area contributed by atoms with E-state index in [1.807, 2.05) is 13.8 Å². The zero-order chi connectivity index (χ0) is 14.7. The topological polar surface area (TPSA) is 72.9 Å². The van der Waals surface area contributed by atoms with Gasteiger partial charge in [0.15, 0.2) is 0 Å². The Hall–Kier alpha value is -1.85. The minimum atomic E-state index is -0.570. The average molecular weight is 293 g/mol. The first kappa shape index (κ1) is 14.6. The number of hydrogen-bond acceptors (Lipinski definition) is 3. The Kier molecular flexibility index (Phi) is 4.42. The first-order chi connectivity index (χ1) is 9.50. The molecule has 0 bridgehead atoms. The summed E-state index contributed by atoms with van der Waals surface area (Å²) in [6.45, 7) is 3.80. The monoisotopic (exact) mass is 292 g/mol. The van der Waals surface area contributed by atoms with Gasteiger partial charge in [-0.15, -0.1) is 0 Å². The number of amides is 1. The number of hydrogen-bond donors (Lipinski definition) is 2. The van der Waals surface area contributed by atoms with Crippen LogP contribution >= 0.6 is 11.6 Å². The maximum atomic E-state index is 12.1. The zero-order valence-corrected chi connectivity index (χ0v) is 12.1. The highest BCUT2D eigenvalue weighted by molar-refractivity contribution is 6.33. The van der Waals surface area contributed by atoms with Crippen LogP contribution < -0.4 is 11.1 Å². The van der Waals surface area contributed by atoms with Gasteiger partial charge in [-0.3, -0.25) is 4.79 Å². The third kappa shape index (κ3) is 3.00. The predicted molar refractivity (Wildman–Crippen MR) is 80.0 cm³/mol. The second-order valence-corrected chi connectivity index (χ2v) is 5.25. The molecule has 1 amide bonds. The van der Waals surface area contributed by atoms with Crippen molar-refractivity contribution in [2.45, 2.75) is 19.9 Å². The maximum Gasteiger partial charge on any atom is 0.241 e. The number of carbonyl (C=O) groups is 1. The summed E-state index contributed by atoms with van der Waals surface area (Å²) >= 11 is 6.20. The molecule has 2 aromatic rings. The molecule has 0 spiro atoms. The van der Waals surface area contributed by atoms with E-state index in [0.717, 1.165) is 0 Å². The molecule has 1 aromatic carbocycles. The number of benzene rings is 1. The molecule has 5 nitrogen and oxygen atoms in total. The van der Waals surface area contributed by atoms with Gasteiger partial charge >= 0.3 is 0 Å². The molecule has 2 rings (SSSR count). The number of carbonyl (C=O) groups excluding carboxylic acids is 1. The number of anilines is 1. The highest BCUT2D eigenvalue weighted by atomic mass is 35.5. The van der Waals surface area contributed by atoms with E-state index in [0.29, 0.717) is 16.4 Å². The van der Waals surface area contributed by atoms with Crippen molar-refractivity contribution in [3.8, 4) is 5.69 Å². The van der Waals surface area contributed by atoms with Crippen molar-refractivity contribution in [3.63, 3.8) is 0 Å². The van der Waals surface area contributed by atoms with E-state index < -0.39 is 6.04 Å². The van der Waals surface area contributed by atoms with Crippen molar-refractivity contribution in [1.82, 2.24) is 9.78 Å². The molecule has 0 saturated heterocycles. The largest absolute Gasteiger partial charge is 0.323 e. The lowest BCUT2D eigenvalue weighted by Crippen LogP contribution is -2.39. The fraction of sp³-hybridized carbons (Fsp3) is 0.286. The number of rotatable bonds is 4. The second-order valence-electron chi connectivity index (χ2n) is 4.85. The van der Waals surface area contributed by atoms with E-state index in [2.05, 4.69) is 10.4 Å². The molecular weight excluding hydrogens is 276 g/mol. The SMILES string of the molecule is CC(C)C(N)C(=O)Nc1cccc(Cl)c1-n1cccn1. The molecule has 106 valence electrons. The van der Waals surface area contributed by atoms with Gasteiger partial charge in [-0.05, 0) is 24.1 Å². The Morgan fingerprint density at radius 3 is 2.75 bits per heavy atom. The number of nitrogens with two attached hydrogens (primary N) is 1. The summed E-state index contributed by atoms with van der Waals surface area (Å²) < 4.78 is 1.61. The van der Waals surface area contributed by atoms with Crippen LogP contribution in [0.3, 0.4) is 0 Å². The number of nitrogens with one attached hydrogen (secondary N) is 1.